The zero-order valence-corrected chi connectivity index (χ0v) is 15.3. The van der Waals surface area contributed by atoms with Crippen molar-refractivity contribution in [3.8, 4) is 0 Å². The van der Waals surface area contributed by atoms with Crippen LogP contribution in [0.1, 0.15) is 11.3 Å². The van der Waals surface area contributed by atoms with Crippen LogP contribution in [0, 0.1) is 6.92 Å². The van der Waals surface area contributed by atoms with Crippen LogP contribution < -0.4 is 11.1 Å². The second-order valence-electron chi connectivity index (χ2n) is 5.21. The number of aromatic nitrogens is 2. The van der Waals surface area contributed by atoms with E-state index in [1.807, 2.05) is 66.2 Å². The summed E-state index contributed by atoms with van der Waals surface area (Å²) in [5.74, 6) is 0.425. The van der Waals surface area contributed by atoms with Gasteiger partial charge < -0.3 is 15.5 Å². The number of guanidine groups is 1. The van der Waals surface area contributed by atoms with Gasteiger partial charge in [0, 0.05) is 31.0 Å². The molecule has 0 unspecified atom stereocenters. The van der Waals surface area contributed by atoms with Crippen LogP contribution in [-0.4, -0.2) is 21.9 Å². The average Bonchev–Trinajstić information content (AvgIpc) is 2.90. The minimum atomic E-state index is 0. The molecule has 0 aliphatic rings. The Kier molecular flexibility index (Phi) is 5.97. The molecular formula is C17H20IN5. The number of fused-ring (bicyclic) bond motifs is 1. The first-order valence-electron chi connectivity index (χ1n) is 7.27. The van der Waals surface area contributed by atoms with Crippen molar-refractivity contribution in [3.63, 3.8) is 0 Å². The molecule has 0 aliphatic carbocycles. The summed E-state index contributed by atoms with van der Waals surface area (Å²) in [7, 11) is 0. The van der Waals surface area contributed by atoms with Crippen LogP contribution in [0.2, 0.25) is 0 Å². The van der Waals surface area contributed by atoms with E-state index in [0.29, 0.717) is 12.5 Å². The number of nitrogens with one attached hydrogen (secondary N) is 1. The number of rotatable bonds is 4. The zero-order chi connectivity index (χ0) is 15.4. The Hall–Kier alpha value is -2.09. The molecule has 3 N–H and O–H groups in total. The van der Waals surface area contributed by atoms with Gasteiger partial charge in [0.25, 0.3) is 0 Å². The molecule has 0 saturated carbocycles. The van der Waals surface area contributed by atoms with Gasteiger partial charge in [0.05, 0.1) is 5.69 Å². The lowest BCUT2D eigenvalue weighted by molar-refractivity contribution is 0.934. The second-order valence-corrected chi connectivity index (χ2v) is 5.21. The lowest BCUT2D eigenvalue weighted by Gasteiger charge is -2.05. The van der Waals surface area contributed by atoms with E-state index in [2.05, 4.69) is 15.3 Å². The molecule has 0 aliphatic heterocycles. The molecule has 0 atom stereocenters. The molecule has 0 amide bonds. The Morgan fingerprint density at radius 3 is 2.91 bits per heavy atom. The van der Waals surface area contributed by atoms with Crippen LogP contribution in [0.15, 0.2) is 59.9 Å². The van der Waals surface area contributed by atoms with E-state index in [9.17, 15) is 0 Å². The van der Waals surface area contributed by atoms with Crippen molar-refractivity contribution in [3.05, 3.63) is 66.1 Å². The number of nitrogens with two attached hydrogens (primary N) is 1. The van der Waals surface area contributed by atoms with Crippen LogP contribution in [0.25, 0.3) is 5.65 Å². The smallest absolute Gasteiger partial charge is 0.193 e. The van der Waals surface area contributed by atoms with Gasteiger partial charge in [-0.25, -0.2) is 4.98 Å². The number of benzene rings is 1. The standard InChI is InChI=1S/C17H19N5.HI/c1-13-5-4-6-14(11-13)21-17(18)19-9-8-15-12-22-10-3-2-7-16(22)20-15;/h2-7,10-12H,8-9H2,1H3,(H3,18,19,21);1H. The van der Waals surface area contributed by atoms with Gasteiger partial charge in [0.15, 0.2) is 5.96 Å². The molecule has 0 spiro atoms. The highest BCUT2D eigenvalue weighted by Crippen LogP contribution is 2.09. The highest BCUT2D eigenvalue weighted by atomic mass is 127. The lowest BCUT2D eigenvalue weighted by atomic mass is 10.2. The molecule has 0 saturated heterocycles. The third kappa shape index (κ3) is 4.69. The van der Waals surface area contributed by atoms with Crippen LogP contribution in [0.3, 0.4) is 0 Å². The van der Waals surface area contributed by atoms with Crippen molar-refractivity contribution in [2.24, 2.45) is 10.7 Å². The predicted octanol–water partition coefficient (Wildman–Crippen LogP) is 3.23. The summed E-state index contributed by atoms with van der Waals surface area (Å²) in [6.45, 7) is 2.65. The number of hydrogen-bond acceptors (Lipinski definition) is 2. The molecule has 5 nitrogen and oxygen atoms in total. The first-order valence-corrected chi connectivity index (χ1v) is 7.27. The summed E-state index contributed by atoms with van der Waals surface area (Å²) < 4.78 is 2.01. The second kappa shape index (κ2) is 7.96. The minimum Gasteiger partial charge on any atom is -0.370 e. The normalized spacial score (nSPS) is 11.3. The Balaban J connectivity index is 0.00000192. The maximum atomic E-state index is 5.91. The maximum Gasteiger partial charge on any atom is 0.193 e. The number of hydrogen-bond donors (Lipinski definition) is 2. The predicted molar refractivity (Wildman–Crippen MR) is 106 cm³/mol. The highest BCUT2D eigenvalue weighted by Gasteiger charge is 2.00. The van der Waals surface area contributed by atoms with Gasteiger partial charge in [-0.05, 0) is 36.8 Å². The number of anilines is 1. The quantitative estimate of drug-likeness (QED) is 0.386. The molecule has 0 fully saturated rings. The van der Waals surface area contributed by atoms with Crippen molar-refractivity contribution in [1.29, 1.82) is 0 Å². The van der Waals surface area contributed by atoms with Crippen LogP contribution >= 0.6 is 24.0 Å². The Morgan fingerprint density at radius 2 is 2.13 bits per heavy atom. The van der Waals surface area contributed by atoms with Crippen molar-refractivity contribution in [2.45, 2.75) is 13.3 Å². The molecule has 23 heavy (non-hydrogen) atoms. The Morgan fingerprint density at radius 1 is 1.26 bits per heavy atom. The van der Waals surface area contributed by atoms with Gasteiger partial charge in [-0.2, -0.15) is 0 Å². The van der Waals surface area contributed by atoms with Crippen molar-refractivity contribution in [2.75, 3.05) is 11.9 Å². The minimum absolute atomic E-state index is 0. The first kappa shape index (κ1) is 17.3. The molecule has 3 aromatic rings. The van der Waals surface area contributed by atoms with Crippen molar-refractivity contribution >= 4 is 41.3 Å². The van der Waals surface area contributed by atoms with E-state index in [0.717, 1.165) is 23.4 Å². The number of nitrogens with zero attached hydrogens (tertiary/aromatic N) is 3. The number of imidazole rings is 1. The van der Waals surface area contributed by atoms with Crippen molar-refractivity contribution in [1.82, 2.24) is 9.38 Å². The van der Waals surface area contributed by atoms with E-state index in [1.165, 1.54) is 5.56 Å². The summed E-state index contributed by atoms with van der Waals surface area (Å²) in [6, 6.07) is 14.0. The monoisotopic (exact) mass is 421 g/mol. The SMILES string of the molecule is Cc1cccc(NC(N)=NCCc2cn3ccccc3n2)c1.I. The summed E-state index contributed by atoms with van der Waals surface area (Å²) in [4.78, 5) is 8.89. The average molecular weight is 421 g/mol. The number of halogens is 1. The van der Waals surface area contributed by atoms with Crippen LogP contribution in [0.5, 0.6) is 0 Å². The van der Waals surface area contributed by atoms with Gasteiger partial charge in [-0.1, -0.05) is 18.2 Å². The van der Waals surface area contributed by atoms with E-state index in [4.69, 9.17) is 5.73 Å². The fraction of sp³-hybridized carbons (Fsp3) is 0.176. The highest BCUT2D eigenvalue weighted by molar-refractivity contribution is 14.0. The van der Waals surface area contributed by atoms with E-state index < -0.39 is 0 Å². The molecule has 3 rings (SSSR count). The molecule has 120 valence electrons. The summed E-state index contributed by atoms with van der Waals surface area (Å²) in [5.41, 5.74) is 10.0. The number of aryl methyl sites for hydroxylation is 1. The van der Waals surface area contributed by atoms with Gasteiger partial charge in [0.2, 0.25) is 0 Å². The summed E-state index contributed by atoms with van der Waals surface area (Å²) in [6.07, 6.45) is 4.77. The first-order chi connectivity index (χ1) is 10.7. The van der Waals surface area contributed by atoms with Gasteiger partial charge in [-0.3, -0.25) is 4.99 Å². The third-order valence-corrected chi connectivity index (χ3v) is 3.35. The molecule has 2 aromatic heterocycles. The van der Waals surface area contributed by atoms with Crippen LogP contribution in [-0.2, 0) is 6.42 Å². The number of pyridine rings is 1. The Labute approximate surface area is 152 Å². The molecular weight excluding hydrogens is 401 g/mol. The Bertz CT molecular complexity index is 776. The fourth-order valence-corrected chi connectivity index (χ4v) is 2.31. The largest absolute Gasteiger partial charge is 0.370 e. The van der Waals surface area contributed by atoms with Crippen LogP contribution in [0.4, 0.5) is 5.69 Å². The van der Waals surface area contributed by atoms with Crippen molar-refractivity contribution < 1.29 is 0 Å². The third-order valence-electron chi connectivity index (χ3n) is 3.35. The van der Waals surface area contributed by atoms with E-state index in [1.54, 1.807) is 0 Å². The molecule has 0 radical (unpaired) electrons. The molecule has 6 heteroatoms. The fourth-order valence-electron chi connectivity index (χ4n) is 2.31. The van der Waals surface area contributed by atoms with Gasteiger partial charge in [-0.15, -0.1) is 24.0 Å². The zero-order valence-electron chi connectivity index (χ0n) is 12.9. The van der Waals surface area contributed by atoms with Gasteiger partial charge in [0.1, 0.15) is 5.65 Å². The topological polar surface area (TPSA) is 67.7 Å². The van der Waals surface area contributed by atoms with E-state index >= 15 is 0 Å². The lowest BCUT2D eigenvalue weighted by Crippen LogP contribution is -2.23. The summed E-state index contributed by atoms with van der Waals surface area (Å²) in [5, 5.41) is 3.10. The van der Waals surface area contributed by atoms with Gasteiger partial charge >= 0.3 is 0 Å². The molecule has 2 heterocycles. The number of aliphatic imine (C=N–C) groups is 1. The van der Waals surface area contributed by atoms with E-state index in [-0.39, 0.29) is 24.0 Å². The maximum absolute atomic E-state index is 5.91. The molecule has 0 bridgehead atoms. The molecule has 1 aromatic carbocycles. The summed E-state index contributed by atoms with van der Waals surface area (Å²) >= 11 is 0.